The van der Waals surface area contributed by atoms with Crippen molar-refractivity contribution in [1.82, 2.24) is 0 Å². The third-order valence-electron chi connectivity index (χ3n) is 8.70. The second-order valence-electron chi connectivity index (χ2n) is 13.3. The van der Waals surface area contributed by atoms with Crippen molar-refractivity contribution in [3.8, 4) is 11.1 Å². The van der Waals surface area contributed by atoms with E-state index in [1.165, 1.54) is 55.2 Å². The van der Waals surface area contributed by atoms with Gasteiger partial charge in [-0.3, -0.25) is 0 Å². The average molecular weight is 615 g/mol. The average Bonchev–Trinajstić information content (AvgIpc) is 3.46. The summed E-state index contributed by atoms with van der Waals surface area (Å²) in [4.78, 5) is 0. The molecule has 0 atom stereocenters. The SMILES string of the molecule is C/[C](C1CCCCC1)=[Zr+2](\[C]1=CC=CC1)[c]1c(C(C)(C)C)ccc2c1Cc1cc(C(C)(C)C)ccc1-2.[Cl-].[Cl-]. The summed E-state index contributed by atoms with van der Waals surface area (Å²) < 4.78 is 5.57. The van der Waals surface area contributed by atoms with Crippen molar-refractivity contribution in [3.05, 3.63) is 74.1 Å². The zero-order valence-electron chi connectivity index (χ0n) is 23.9. The third kappa shape index (κ3) is 6.05. The molecule has 0 aromatic heterocycles. The first-order chi connectivity index (χ1) is 16.6. The number of fused-ring (bicyclic) bond motifs is 3. The Morgan fingerprint density at radius 2 is 1.51 bits per heavy atom. The van der Waals surface area contributed by atoms with Gasteiger partial charge in [0.2, 0.25) is 0 Å². The predicted molar refractivity (Wildman–Crippen MR) is 151 cm³/mol. The summed E-state index contributed by atoms with van der Waals surface area (Å²) in [5.74, 6) is 0.847. The van der Waals surface area contributed by atoms with Crippen LogP contribution in [0.3, 0.4) is 0 Å². The molecule has 0 aliphatic heterocycles. The summed E-state index contributed by atoms with van der Waals surface area (Å²) in [5, 5.41) is 0. The normalized spacial score (nSPS) is 17.4. The molecule has 0 unspecified atom stereocenters. The minimum Gasteiger partial charge on any atom is -1.00 e. The number of halogens is 2. The van der Waals surface area contributed by atoms with Crippen LogP contribution in [0.4, 0.5) is 0 Å². The molecule has 0 saturated heterocycles. The molecule has 2 aromatic carbocycles. The molecule has 198 valence electrons. The molecule has 3 heteroatoms. The quantitative estimate of drug-likeness (QED) is 0.426. The van der Waals surface area contributed by atoms with Crippen molar-refractivity contribution < 1.29 is 46.1 Å². The van der Waals surface area contributed by atoms with Crippen LogP contribution in [-0.2, 0) is 38.5 Å². The van der Waals surface area contributed by atoms with Crippen molar-refractivity contribution in [2.75, 3.05) is 0 Å². The summed E-state index contributed by atoms with van der Waals surface area (Å²) in [6.45, 7) is 16.9. The van der Waals surface area contributed by atoms with Crippen molar-refractivity contribution >= 4 is 6.48 Å². The van der Waals surface area contributed by atoms with Crippen LogP contribution in [0.25, 0.3) is 11.1 Å². The number of allylic oxidation sites excluding steroid dienone is 4. The van der Waals surface area contributed by atoms with E-state index in [1.807, 2.05) is 6.48 Å². The van der Waals surface area contributed by atoms with Gasteiger partial charge in [-0.1, -0.05) is 0 Å². The van der Waals surface area contributed by atoms with Crippen LogP contribution in [-0.4, -0.2) is 3.21 Å². The molecule has 1 fully saturated rings. The van der Waals surface area contributed by atoms with Crippen molar-refractivity contribution in [3.63, 3.8) is 0 Å². The number of rotatable bonds is 3. The maximum Gasteiger partial charge on any atom is -1.00 e. The minimum atomic E-state index is -2.25. The summed E-state index contributed by atoms with van der Waals surface area (Å²) in [6.07, 6.45) is 16.7. The fourth-order valence-electron chi connectivity index (χ4n) is 6.64. The van der Waals surface area contributed by atoms with Crippen LogP contribution in [0.2, 0.25) is 0 Å². The number of hydrogen-bond donors (Lipinski definition) is 0. The first-order valence-corrected chi connectivity index (χ1v) is 17.6. The Hall–Kier alpha value is -0.747. The van der Waals surface area contributed by atoms with E-state index in [4.69, 9.17) is 0 Å². The van der Waals surface area contributed by atoms with Crippen molar-refractivity contribution in [2.45, 2.75) is 104 Å². The van der Waals surface area contributed by atoms with Gasteiger partial charge in [0.15, 0.2) is 0 Å². The molecular formula is C34H44Cl2Zr. The van der Waals surface area contributed by atoms with E-state index in [2.05, 4.69) is 97.0 Å². The van der Waals surface area contributed by atoms with Gasteiger partial charge in [0.05, 0.1) is 0 Å². The predicted octanol–water partition coefficient (Wildman–Crippen LogP) is 2.72. The molecule has 0 radical (unpaired) electrons. The Bertz CT molecular complexity index is 1240. The topological polar surface area (TPSA) is 0 Å². The molecule has 2 aromatic rings. The molecule has 37 heavy (non-hydrogen) atoms. The van der Waals surface area contributed by atoms with E-state index < -0.39 is 21.3 Å². The largest absolute Gasteiger partial charge is 1.00 e. The molecule has 0 spiro atoms. The Kier molecular flexibility index (Phi) is 9.80. The van der Waals surface area contributed by atoms with E-state index in [1.54, 1.807) is 20.0 Å². The van der Waals surface area contributed by atoms with Gasteiger partial charge in [-0.2, -0.15) is 0 Å². The summed E-state index contributed by atoms with van der Waals surface area (Å²) in [7, 11) is 0. The van der Waals surface area contributed by atoms with E-state index in [0.29, 0.717) is 0 Å². The summed E-state index contributed by atoms with van der Waals surface area (Å²) >= 11 is -2.25. The van der Waals surface area contributed by atoms with Gasteiger partial charge in [0.25, 0.3) is 0 Å². The van der Waals surface area contributed by atoms with E-state index in [9.17, 15) is 0 Å². The van der Waals surface area contributed by atoms with Gasteiger partial charge in [-0.05, 0) is 0 Å². The van der Waals surface area contributed by atoms with Crippen LogP contribution in [0.1, 0.15) is 109 Å². The van der Waals surface area contributed by atoms with Gasteiger partial charge in [0.1, 0.15) is 0 Å². The molecule has 0 bridgehead atoms. The maximum atomic E-state index is 2.59. The van der Waals surface area contributed by atoms with Crippen LogP contribution in [0, 0.1) is 5.92 Å². The fraction of sp³-hybridized carbons (Fsp3) is 0.500. The summed E-state index contributed by atoms with van der Waals surface area (Å²) in [5.41, 5.74) is 9.73. The standard InChI is InChI=1S/C21H25.C8H14.C5H5.2ClH.Zr/c1-20(2,3)16-7-9-18-14(12-16)11-15-13-17(21(4,5)6)8-10-19(15)18;1-2-8-6-4-3-5-7-8;1-2-4-5-3-1;;;/h7-10,12H,11H2,1-6H3;8H,3-7H2,1H3;1-3H,4H2;2*1H;/q;;;;;+2/p-2. The first kappa shape index (κ1) is 30.8. The van der Waals surface area contributed by atoms with Gasteiger partial charge in [0, 0.05) is 0 Å². The second-order valence-corrected chi connectivity index (χ2v) is 19.9. The molecule has 0 nitrogen and oxygen atoms in total. The summed E-state index contributed by atoms with van der Waals surface area (Å²) in [6, 6.07) is 12.3. The molecular weight excluding hydrogens is 571 g/mol. The Labute approximate surface area is 246 Å². The van der Waals surface area contributed by atoms with E-state index >= 15 is 0 Å². The smallest absolute Gasteiger partial charge is 1.00 e. The van der Waals surface area contributed by atoms with Gasteiger partial charge >= 0.3 is 223 Å². The second kappa shape index (κ2) is 11.8. The maximum absolute atomic E-state index is 2.59. The Morgan fingerprint density at radius 3 is 2.11 bits per heavy atom. The van der Waals surface area contributed by atoms with Crippen molar-refractivity contribution in [1.29, 1.82) is 0 Å². The van der Waals surface area contributed by atoms with Gasteiger partial charge in [-0.25, -0.2) is 0 Å². The van der Waals surface area contributed by atoms with E-state index in [0.717, 1.165) is 12.3 Å². The van der Waals surface area contributed by atoms with E-state index in [-0.39, 0.29) is 35.6 Å². The van der Waals surface area contributed by atoms with Crippen LogP contribution >= 0.6 is 0 Å². The number of hydrogen-bond acceptors (Lipinski definition) is 0. The van der Waals surface area contributed by atoms with Crippen LogP contribution < -0.4 is 28.1 Å². The molecule has 3 aliphatic carbocycles. The van der Waals surface area contributed by atoms with Crippen molar-refractivity contribution in [2.24, 2.45) is 5.92 Å². The molecule has 1 saturated carbocycles. The number of benzene rings is 2. The zero-order valence-corrected chi connectivity index (χ0v) is 27.9. The molecule has 0 N–H and O–H groups in total. The molecule has 5 rings (SSSR count). The third-order valence-corrected chi connectivity index (χ3v) is 16.8. The molecule has 0 amide bonds. The monoisotopic (exact) mass is 612 g/mol. The van der Waals surface area contributed by atoms with Crippen LogP contribution in [0.15, 0.2) is 51.8 Å². The van der Waals surface area contributed by atoms with Gasteiger partial charge < -0.3 is 24.8 Å². The van der Waals surface area contributed by atoms with Crippen LogP contribution in [0.5, 0.6) is 0 Å². The minimum absolute atomic E-state index is 0. The Balaban J connectivity index is 0.00000190. The first-order valence-electron chi connectivity index (χ1n) is 13.9. The van der Waals surface area contributed by atoms with Gasteiger partial charge in [-0.15, -0.1) is 0 Å². The Morgan fingerprint density at radius 1 is 0.838 bits per heavy atom. The molecule has 0 heterocycles. The fourth-order valence-corrected chi connectivity index (χ4v) is 15.9. The molecule has 3 aliphatic rings. The zero-order chi connectivity index (χ0) is 25.0.